The van der Waals surface area contributed by atoms with E-state index in [0.29, 0.717) is 29.8 Å². The number of rotatable bonds is 6. The lowest BCUT2D eigenvalue weighted by Gasteiger charge is -2.35. The number of halogens is 4. The van der Waals surface area contributed by atoms with Crippen molar-refractivity contribution in [1.29, 1.82) is 0 Å². The van der Waals surface area contributed by atoms with Crippen LogP contribution in [0.15, 0.2) is 103 Å². The van der Waals surface area contributed by atoms with Crippen molar-refractivity contribution in [2.75, 3.05) is 5.32 Å². The van der Waals surface area contributed by atoms with Crippen LogP contribution in [0.3, 0.4) is 0 Å². The molecule has 0 spiro atoms. The second-order valence-corrected chi connectivity index (χ2v) is 7.95. The molecule has 3 aromatic carbocycles. The van der Waals surface area contributed by atoms with Crippen LogP contribution in [0.25, 0.3) is 0 Å². The summed E-state index contributed by atoms with van der Waals surface area (Å²) >= 11 is 0. The molecule has 2 N–H and O–H groups in total. The maximum absolute atomic E-state index is 13.9. The van der Waals surface area contributed by atoms with Crippen molar-refractivity contribution in [1.82, 2.24) is 10.3 Å². The summed E-state index contributed by atoms with van der Waals surface area (Å²) in [6, 6.07) is 24.9. The van der Waals surface area contributed by atoms with Gasteiger partial charge >= 0.3 is 12.2 Å². The molecule has 0 aliphatic heterocycles. The first-order valence-corrected chi connectivity index (χ1v) is 10.7. The summed E-state index contributed by atoms with van der Waals surface area (Å²) in [5.41, 5.74) is -0.553. The number of hydrogen-bond acceptors (Lipinski definition) is 2. The van der Waals surface area contributed by atoms with Gasteiger partial charge in [0.05, 0.1) is 11.3 Å². The monoisotopic (exact) mass is 479 g/mol. The molecule has 4 rings (SSSR count). The highest BCUT2D eigenvalue weighted by Gasteiger charge is 2.38. The van der Waals surface area contributed by atoms with Gasteiger partial charge in [-0.2, -0.15) is 13.2 Å². The Morgan fingerprint density at radius 1 is 0.800 bits per heavy atom. The topological polar surface area (TPSA) is 54.0 Å². The first-order chi connectivity index (χ1) is 16.8. The molecule has 0 fully saturated rings. The van der Waals surface area contributed by atoms with Gasteiger partial charge in [-0.05, 0) is 41.5 Å². The molecular formula is C27H21F4N3O. The zero-order valence-electron chi connectivity index (χ0n) is 18.4. The summed E-state index contributed by atoms with van der Waals surface area (Å²) < 4.78 is 53.3. The van der Waals surface area contributed by atoms with Crippen molar-refractivity contribution in [3.63, 3.8) is 0 Å². The van der Waals surface area contributed by atoms with Crippen molar-refractivity contribution < 1.29 is 22.4 Å². The minimum Gasteiger partial charge on any atom is -0.322 e. The zero-order chi connectivity index (χ0) is 24.9. The van der Waals surface area contributed by atoms with Crippen LogP contribution in [0.2, 0.25) is 0 Å². The Morgan fingerprint density at radius 2 is 1.46 bits per heavy atom. The largest absolute Gasteiger partial charge is 0.416 e. The summed E-state index contributed by atoms with van der Waals surface area (Å²) in [4.78, 5) is 17.7. The van der Waals surface area contributed by atoms with Crippen LogP contribution < -0.4 is 10.6 Å². The van der Waals surface area contributed by atoms with Gasteiger partial charge in [-0.25, -0.2) is 9.18 Å². The van der Waals surface area contributed by atoms with Gasteiger partial charge in [-0.15, -0.1) is 0 Å². The van der Waals surface area contributed by atoms with Crippen LogP contribution in [0.4, 0.5) is 28.0 Å². The second kappa shape index (κ2) is 9.97. The Labute approximate surface area is 199 Å². The number of nitrogens with one attached hydrogen (secondary N) is 2. The van der Waals surface area contributed by atoms with Crippen LogP contribution in [-0.2, 0) is 18.1 Å². The summed E-state index contributed by atoms with van der Waals surface area (Å²) in [5.74, 6) is -1.11. The number of alkyl halides is 3. The van der Waals surface area contributed by atoms with Crippen molar-refractivity contribution in [3.8, 4) is 0 Å². The number of urea groups is 1. The van der Waals surface area contributed by atoms with Gasteiger partial charge in [-0.3, -0.25) is 4.98 Å². The van der Waals surface area contributed by atoms with Gasteiger partial charge < -0.3 is 10.6 Å². The van der Waals surface area contributed by atoms with Crippen molar-refractivity contribution in [2.45, 2.75) is 18.1 Å². The van der Waals surface area contributed by atoms with Crippen LogP contribution in [0.1, 0.15) is 22.4 Å². The smallest absolute Gasteiger partial charge is 0.322 e. The van der Waals surface area contributed by atoms with Gasteiger partial charge in [0.25, 0.3) is 0 Å². The SMILES string of the molecule is O=C(Nc1cc(F)cc(C(F)(F)F)c1)NC(Cc1ccccc1)(c1ccccc1)c1ccccn1. The lowest BCUT2D eigenvalue weighted by molar-refractivity contribution is -0.137. The fourth-order valence-electron chi connectivity index (χ4n) is 3.94. The standard InChI is InChI=1S/C27H21F4N3O/c28-22-15-21(27(29,30)31)16-23(17-22)33-25(35)34-26(20-11-5-2-6-12-20,24-13-7-8-14-32-24)18-19-9-3-1-4-10-19/h1-17H,18H2,(H2,33,34,35). The number of nitrogens with zero attached hydrogens (tertiary/aromatic N) is 1. The Bertz CT molecular complexity index is 1240. The van der Waals surface area contributed by atoms with E-state index in [-0.39, 0.29) is 5.69 Å². The highest BCUT2D eigenvalue weighted by molar-refractivity contribution is 5.90. The highest BCUT2D eigenvalue weighted by atomic mass is 19.4. The molecule has 178 valence electrons. The van der Waals surface area contributed by atoms with Crippen molar-refractivity contribution >= 4 is 11.7 Å². The average molecular weight is 479 g/mol. The minimum atomic E-state index is -4.76. The molecule has 8 heteroatoms. The fraction of sp³-hybridized carbons (Fsp3) is 0.111. The maximum Gasteiger partial charge on any atom is 0.416 e. The summed E-state index contributed by atoms with van der Waals surface area (Å²) in [6.45, 7) is 0. The van der Waals surface area contributed by atoms with Crippen LogP contribution in [-0.4, -0.2) is 11.0 Å². The van der Waals surface area contributed by atoms with E-state index in [0.717, 1.165) is 11.6 Å². The van der Waals surface area contributed by atoms with Gasteiger partial charge in [0.15, 0.2) is 0 Å². The molecule has 1 atom stereocenters. The second-order valence-electron chi connectivity index (χ2n) is 7.95. The number of amides is 2. The Kier molecular flexibility index (Phi) is 6.82. The molecule has 0 saturated carbocycles. The molecule has 0 saturated heterocycles. The van der Waals surface area contributed by atoms with Crippen molar-refractivity contribution in [2.24, 2.45) is 0 Å². The Hall–Kier alpha value is -4.20. The summed E-state index contributed by atoms with van der Waals surface area (Å²) in [6.07, 6.45) is -2.86. The third kappa shape index (κ3) is 5.66. The van der Waals surface area contributed by atoms with Crippen LogP contribution >= 0.6 is 0 Å². The number of aromatic nitrogens is 1. The van der Waals surface area contributed by atoms with Gasteiger partial charge in [-0.1, -0.05) is 66.7 Å². The quantitative estimate of drug-likeness (QED) is 0.308. The van der Waals surface area contributed by atoms with E-state index in [9.17, 15) is 22.4 Å². The van der Waals surface area contributed by atoms with Crippen LogP contribution in [0.5, 0.6) is 0 Å². The number of benzene rings is 3. The molecule has 2 amide bonds. The molecule has 1 aromatic heterocycles. The normalized spacial score (nSPS) is 13.0. The van der Waals surface area contributed by atoms with Gasteiger partial charge in [0.1, 0.15) is 11.4 Å². The van der Waals surface area contributed by atoms with E-state index in [1.807, 2.05) is 60.7 Å². The lowest BCUT2D eigenvalue weighted by atomic mass is 9.80. The highest BCUT2D eigenvalue weighted by Crippen LogP contribution is 2.34. The maximum atomic E-state index is 13.9. The van der Waals surface area contributed by atoms with E-state index in [1.54, 1.807) is 24.4 Å². The zero-order valence-corrected chi connectivity index (χ0v) is 18.4. The summed E-state index contributed by atoms with van der Waals surface area (Å²) in [5, 5.41) is 5.28. The molecule has 0 radical (unpaired) electrons. The van der Waals surface area contributed by atoms with Gasteiger partial charge in [0, 0.05) is 18.3 Å². The van der Waals surface area contributed by atoms with E-state index in [2.05, 4.69) is 15.6 Å². The Morgan fingerprint density at radius 3 is 2.09 bits per heavy atom. The first kappa shape index (κ1) is 23.9. The number of carbonyl (C=O) groups excluding carboxylic acids is 1. The first-order valence-electron chi connectivity index (χ1n) is 10.7. The molecule has 0 aliphatic carbocycles. The van der Waals surface area contributed by atoms with Crippen molar-refractivity contribution in [3.05, 3.63) is 131 Å². The lowest BCUT2D eigenvalue weighted by Crippen LogP contribution is -2.50. The van der Waals surface area contributed by atoms with E-state index >= 15 is 0 Å². The third-order valence-electron chi connectivity index (χ3n) is 5.49. The third-order valence-corrected chi connectivity index (χ3v) is 5.49. The van der Waals surface area contributed by atoms with Crippen LogP contribution in [0, 0.1) is 5.82 Å². The molecule has 4 nitrogen and oxygen atoms in total. The van der Waals surface area contributed by atoms with Gasteiger partial charge in [0.2, 0.25) is 0 Å². The predicted molar refractivity (Wildman–Crippen MR) is 125 cm³/mol. The number of hydrogen-bond donors (Lipinski definition) is 2. The molecule has 35 heavy (non-hydrogen) atoms. The molecule has 0 aliphatic rings. The molecule has 0 bridgehead atoms. The number of pyridine rings is 1. The fourth-order valence-corrected chi connectivity index (χ4v) is 3.94. The molecular weight excluding hydrogens is 458 g/mol. The van der Waals surface area contributed by atoms with E-state index in [4.69, 9.17) is 0 Å². The number of carbonyl (C=O) groups is 1. The average Bonchev–Trinajstić information content (AvgIpc) is 2.84. The molecule has 1 heterocycles. The summed E-state index contributed by atoms with van der Waals surface area (Å²) in [7, 11) is 0. The van der Waals surface area contributed by atoms with E-state index in [1.165, 1.54) is 0 Å². The minimum absolute atomic E-state index is 0.305. The predicted octanol–water partition coefficient (Wildman–Crippen LogP) is 6.55. The molecule has 4 aromatic rings. The van der Waals surface area contributed by atoms with E-state index < -0.39 is 29.1 Å². The number of anilines is 1. The molecule has 1 unspecified atom stereocenters. The Balaban J connectivity index is 1.76.